The highest BCUT2D eigenvalue weighted by Gasteiger charge is 2.27. The Morgan fingerprint density at radius 3 is 2.50 bits per heavy atom. The summed E-state index contributed by atoms with van der Waals surface area (Å²) >= 11 is 5.62. The van der Waals surface area contributed by atoms with Crippen molar-refractivity contribution in [1.29, 1.82) is 0 Å². The number of sulfonamides is 1. The molecule has 88 valence electrons. The summed E-state index contributed by atoms with van der Waals surface area (Å²) < 4.78 is 25.6. The topological polar surface area (TPSA) is 50.3 Å². The van der Waals surface area contributed by atoms with Crippen LogP contribution in [0, 0.1) is 0 Å². The van der Waals surface area contributed by atoms with E-state index in [2.05, 4.69) is 4.98 Å². The minimum absolute atomic E-state index is 0.114. The molecule has 0 radical (unpaired) electrons. The summed E-state index contributed by atoms with van der Waals surface area (Å²) in [6.45, 7) is 1.20. The smallest absolute Gasteiger partial charge is 0.243 e. The SMILES string of the molecule is O=S(=O)(c1ccc(CCl)cn1)N1CCCC1. The largest absolute Gasteiger partial charge is 0.260 e. The van der Waals surface area contributed by atoms with Gasteiger partial charge < -0.3 is 0 Å². The first-order valence-electron chi connectivity index (χ1n) is 5.15. The zero-order valence-electron chi connectivity index (χ0n) is 8.76. The standard InChI is InChI=1S/C10H13ClN2O2S/c11-7-9-3-4-10(12-8-9)16(14,15)13-5-1-2-6-13/h3-4,8H,1-2,5-7H2. The predicted molar refractivity (Wildman–Crippen MR) is 61.8 cm³/mol. The van der Waals surface area contributed by atoms with E-state index in [9.17, 15) is 8.42 Å². The predicted octanol–water partition coefficient (Wildman–Crippen LogP) is 1.60. The van der Waals surface area contributed by atoms with Gasteiger partial charge in [-0.2, -0.15) is 4.31 Å². The number of halogens is 1. The Morgan fingerprint density at radius 1 is 1.31 bits per heavy atom. The molecule has 1 aliphatic heterocycles. The van der Waals surface area contributed by atoms with Gasteiger partial charge in [0.25, 0.3) is 10.0 Å². The average molecular weight is 261 g/mol. The van der Waals surface area contributed by atoms with E-state index in [0.717, 1.165) is 18.4 Å². The van der Waals surface area contributed by atoms with Crippen LogP contribution < -0.4 is 0 Å². The van der Waals surface area contributed by atoms with Gasteiger partial charge in [0.05, 0.1) is 0 Å². The molecule has 1 fully saturated rings. The fourth-order valence-corrected chi connectivity index (χ4v) is 3.29. The zero-order valence-corrected chi connectivity index (χ0v) is 10.3. The Labute approximate surface area is 100 Å². The molecule has 0 unspecified atom stereocenters. The van der Waals surface area contributed by atoms with Gasteiger partial charge in [-0.3, -0.25) is 0 Å². The van der Waals surface area contributed by atoms with Gasteiger partial charge in [0.2, 0.25) is 0 Å². The Bertz CT molecular complexity index is 452. The molecule has 4 nitrogen and oxygen atoms in total. The quantitative estimate of drug-likeness (QED) is 0.776. The van der Waals surface area contributed by atoms with Crippen molar-refractivity contribution in [2.45, 2.75) is 23.7 Å². The number of hydrogen-bond donors (Lipinski definition) is 0. The van der Waals surface area contributed by atoms with Crippen molar-refractivity contribution < 1.29 is 8.42 Å². The molecular weight excluding hydrogens is 248 g/mol. The molecule has 2 heterocycles. The summed E-state index contributed by atoms with van der Waals surface area (Å²) in [6, 6.07) is 3.22. The summed E-state index contributed by atoms with van der Waals surface area (Å²) in [4.78, 5) is 3.95. The lowest BCUT2D eigenvalue weighted by atomic mass is 10.3. The van der Waals surface area contributed by atoms with Crippen LogP contribution in [0.2, 0.25) is 0 Å². The minimum Gasteiger partial charge on any atom is -0.243 e. The van der Waals surface area contributed by atoms with Gasteiger partial charge in [-0.05, 0) is 24.5 Å². The molecule has 1 aliphatic rings. The molecule has 2 rings (SSSR count). The van der Waals surface area contributed by atoms with Crippen LogP contribution in [0.3, 0.4) is 0 Å². The summed E-state index contributed by atoms with van der Waals surface area (Å²) in [5.41, 5.74) is 0.821. The van der Waals surface area contributed by atoms with Gasteiger partial charge in [0, 0.05) is 25.2 Å². The van der Waals surface area contributed by atoms with Crippen molar-refractivity contribution >= 4 is 21.6 Å². The number of pyridine rings is 1. The number of aromatic nitrogens is 1. The van der Waals surface area contributed by atoms with E-state index in [0.29, 0.717) is 19.0 Å². The fourth-order valence-electron chi connectivity index (χ4n) is 1.70. The van der Waals surface area contributed by atoms with Crippen molar-refractivity contribution in [1.82, 2.24) is 9.29 Å². The van der Waals surface area contributed by atoms with Crippen LogP contribution in [0.25, 0.3) is 0 Å². The molecule has 0 aliphatic carbocycles. The molecule has 1 saturated heterocycles. The summed E-state index contributed by atoms with van der Waals surface area (Å²) in [7, 11) is -3.38. The van der Waals surface area contributed by atoms with Crippen LogP contribution in [0.1, 0.15) is 18.4 Å². The lowest BCUT2D eigenvalue weighted by Crippen LogP contribution is -2.28. The average Bonchev–Trinajstić information content (AvgIpc) is 2.83. The Hall–Kier alpha value is -0.650. The third kappa shape index (κ3) is 2.21. The van der Waals surface area contributed by atoms with Gasteiger partial charge in [0.15, 0.2) is 5.03 Å². The molecule has 0 atom stereocenters. The van der Waals surface area contributed by atoms with E-state index >= 15 is 0 Å². The molecule has 0 amide bonds. The van der Waals surface area contributed by atoms with E-state index in [4.69, 9.17) is 11.6 Å². The molecule has 0 N–H and O–H groups in total. The van der Waals surface area contributed by atoms with Crippen LogP contribution in [0.4, 0.5) is 0 Å². The maximum atomic E-state index is 12.1. The fraction of sp³-hybridized carbons (Fsp3) is 0.500. The van der Waals surface area contributed by atoms with Crippen LogP contribution in [-0.2, 0) is 15.9 Å². The van der Waals surface area contributed by atoms with Gasteiger partial charge in [-0.1, -0.05) is 6.07 Å². The van der Waals surface area contributed by atoms with Crippen molar-refractivity contribution in [2.24, 2.45) is 0 Å². The molecule has 1 aromatic rings. The normalized spacial score (nSPS) is 17.8. The Balaban J connectivity index is 2.28. The van der Waals surface area contributed by atoms with Crippen LogP contribution >= 0.6 is 11.6 Å². The lowest BCUT2D eigenvalue weighted by Gasteiger charge is -2.14. The van der Waals surface area contributed by atoms with Crippen molar-refractivity contribution in [3.05, 3.63) is 23.9 Å². The number of rotatable bonds is 3. The number of alkyl halides is 1. The van der Waals surface area contributed by atoms with Crippen molar-refractivity contribution in [3.63, 3.8) is 0 Å². The minimum atomic E-state index is -3.38. The molecular formula is C10H13ClN2O2S. The molecule has 6 heteroatoms. The zero-order chi connectivity index (χ0) is 11.6. The molecule has 1 aromatic heterocycles. The molecule has 0 aromatic carbocycles. The maximum Gasteiger partial charge on any atom is 0.260 e. The Morgan fingerprint density at radius 2 is 2.00 bits per heavy atom. The summed E-state index contributed by atoms with van der Waals surface area (Å²) in [5.74, 6) is 0.344. The highest BCUT2D eigenvalue weighted by Crippen LogP contribution is 2.19. The van der Waals surface area contributed by atoms with Crippen LogP contribution in [-0.4, -0.2) is 30.8 Å². The molecule has 0 bridgehead atoms. The van der Waals surface area contributed by atoms with Crippen molar-refractivity contribution in [2.75, 3.05) is 13.1 Å². The first-order chi connectivity index (χ1) is 7.64. The number of nitrogens with zero attached hydrogens (tertiary/aromatic N) is 2. The van der Waals surface area contributed by atoms with Crippen molar-refractivity contribution in [3.8, 4) is 0 Å². The first kappa shape index (κ1) is 11.8. The molecule has 0 spiro atoms. The Kier molecular flexibility index (Phi) is 3.47. The van der Waals surface area contributed by atoms with Gasteiger partial charge >= 0.3 is 0 Å². The highest BCUT2D eigenvalue weighted by molar-refractivity contribution is 7.89. The van der Waals surface area contributed by atoms with Crippen LogP contribution in [0.15, 0.2) is 23.4 Å². The molecule has 0 saturated carbocycles. The lowest BCUT2D eigenvalue weighted by molar-refractivity contribution is 0.474. The highest BCUT2D eigenvalue weighted by atomic mass is 35.5. The molecule has 16 heavy (non-hydrogen) atoms. The van der Waals surface area contributed by atoms with E-state index in [-0.39, 0.29) is 5.03 Å². The summed E-state index contributed by atoms with van der Waals surface area (Å²) in [6.07, 6.45) is 3.37. The van der Waals surface area contributed by atoms with Gasteiger partial charge in [-0.15, -0.1) is 11.6 Å². The first-order valence-corrected chi connectivity index (χ1v) is 7.13. The second kappa shape index (κ2) is 4.69. The van der Waals surface area contributed by atoms with E-state index in [1.54, 1.807) is 6.07 Å². The second-order valence-corrected chi connectivity index (χ2v) is 5.90. The second-order valence-electron chi connectivity index (χ2n) is 3.75. The van der Waals surface area contributed by atoms with Gasteiger partial charge in [-0.25, -0.2) is 13.4 Å². The summed E-state index contributed by atoms with van der Waals surface area (Å²) in [5, 5.41) is 0.114. The van der Waals surface area contributed by atoms with Crippen LogP contribution in [0.5, 0.6) is 0 Å². The number of hydrogen-bond acceptors (Lipinski definition) is 3. The van der Waals surface area contributed by atoms with E-state index < -0.39 is 10.0 Å². The third-order valence-electron chi connectivity index (χ3n) is 2.62. The monoisotopic (exact) mass is 260 g/mol. The van der Waals surface area contributed by atoms with E-state index in [1.165, 1.54) is 16.6 Å². The third-order valence-corrected chi connectivity index (χ3v) is 4.74. The van der Waals surface area contributed by atoms with E-state index in [1.807, 2.05) is 0 Å². The maximum absolute atomic E-state index is 12.1. The van der Waals surface area contributed by atoms with Gasteiger partial charge in [0.1, 0.15) is 0 Å².